The van der Waals surface area contributed by atoms with Crippen LogP contribution >= 0.6 is 15.9 Å². The van der Waals surface area contributed by atoms with Gasteiger partial charge in [0, 0.05) is 17.4 Å². The van der Waals surface area contributed by atoms with E-state index in [9.17, 15) is 9.59 Å². The lowest BCUT2D eigenvalue weighted by molar-refractivity contribution is 0.0450. The second-order valence-electron chi connectivity index (χ2n) is 6.97. The van der Waals surface area contributed by atoms with Crippen LogP contribution in [0.5, 0.6) is 5.75 Å². The molecule has 0 fully saturated rings. The number of benzene rings is 2. The molecule has 1 aliphatic rings. The maximum atomic E-state index is 12.8. The lowest BCUT2D eigenvalue weighted by atomic mass is 10.1. The molecule has 0 amide bonds. The summed E-state index contributed by atoms with van der Waals surface area (Å²) in [6.07, 6.45) is 3.90. The van der Waals surface area contributed by atoms with Crippen molar-refractivity contribution in [3.8, 4) is 5.75 Å². The molecule has 0 N–H and O–H groups in total. The van der Waals surface area contributed by atoms with Crippen molar-refractivity contribution in [1.29, 1.82) is 0 Å². The number of esters is 1. The van der Waals surface area contributed by atoms with Crippen LogP contribution in [0.2, 0.25) is 0 Å². The predicted octanol–water partition coefficient (Wildman–Crippen LogP) is 4.12. The van der Waals surface area contributed by atoms with Gasteiger partial charge < -0.3 is 9.47 Å². The SMILES string of the molecule is O=C(OCCOc1cccc(Br)c1)c1ccc2c(=O)n3c(nc2c1)CCCCC3. The topological polar surface area (TPSA) is 70.4 Å². The van der Waals surface area contributed by atoms with E-state index in [1.54, 1.807) is 22.8 Å². The van der Waals surface area contributed by atoms with Gasteiger partial charge in [0.05, 0.1) is 16.5 Å². The van der Waals surface area contributed by atoms with Crippen molar-refractivity contribution in [3.05, 3.63) is 68.7 Å². The van der Waals surface area contributed by atoms with Crippen LogP contribution in [0.25, 0.3) is 10.9 Å². The molecule has 0 bridgehead atoms. The Morgan fingerprint density at radius 1 is 1.10 bits per heavy atom. The monoisotopic (exact) mass is 456 g/mol. The first-order valence-electron chi connectivity index (χ1n) is 9.71. The minimum atomic E-state index is -0.457. The highest BCUT2D eigenvalue weighted by atomic mass is 79.9. The second kappa shape index (κ2) is 8.78. The first kappa shape index (κ1) is 19.6. The standard InChI is InChI=1S/C22H21BrN2O4/c23-16-5-4-6-17(14-16)28-11-12-29-22(27)15-8-9-18-19(13-15)24-20-7-2-1-3-10-25(20)21(18)26/h4-6,8-9,13-14H,1-3,7,10-12H2. The summed E-state index contributed by atoms with van der Waals surface area (Å²) in [6, 6.07) is 12.4. The number of carbonyl (C=O) groups is 1. The first-order chi connectivity index (χ1) is 14.1. The summed E-state index contributed by atoms with van der Waals surface area (Å²) in [5.41, 5.74) is 0.891. The maximum absolute atomic E-state index is 12.8. The molecular weight excluding hydrogens is 436 g/mol. The predicted molar refractivity (Wildman–Crippen MR) is 113 cm³/mol. The quantitative estimate of drug-likeness (QED) is 0.426. The summed E-state index contributed by atoms with van der Waals surface area (Å²) in [4.78, 5) is 29.8. The number of hydrogen-bond acceptors (Lipinski definition) is 5. The minimum absolute atomic E-state index is 0.0331. The number of ether oxygens (including phenoxy) is 2. The van der Waals surface area contributed by atoms with E-state index in [-0.39, 0.29) is 18.8 Å². The summed E-state index contributed by atoms with van der Waals surface area (Å²) in [7, 11) is 0. The number of nitrogens with zero attached hydrogens (tertiary/aromatic N) is 2. The molecule has 0 radical (unpaired) electrons. The molecule has 0 atom stereocenters. The highest BCUT2D eigenvalue weighted by Crippen LogP contribution is 2.18. The molecule has 0 saturated heterocycles. The van der Waals surface area contributed by atoms with E-state index < -0.39 is 5.97 Å². The van der Waals surface area contributed by atoms with Crippen LogP contribution in [-0.2, 0) is 17.7 Å². The van der Waals surface area contributed by atoms with E-state index >= 15 is 0 Å². The molecule has 0 spiro atoms. The maximum Gasteiger partial charge on any atom is 0.338 e. The van der Waals surface area contributed by atoms with E-state index in [4.69, 9.17) is 9.47 Å². The summed E-state index contributed by atoms with van der Waals surface area (Å²) >= 11 is 3.38. The van der Waals surface area contributed by atoms with Crippen LogP contribution < -0.4 is 10.3 Å². The van der Waals surface area contributed by atoms with Crippen LogP contribution in [-0.4, -0.2) is 28.7 Å². The van der Waals surface area contributed by atoms with E-state index in [0.717, 1.165) is 36.0 Å². The Kier molecular flexibility index (Phi) is 5.94. The fourth-order valence-electron chi connectivity index (χ4n) is 3.48. The van der Waals surface area contributed by atoms with Crippen molar-refractivity contribution in [1.82, 2.24) is 9.55 Å². The number of aryl methyl sites for hydroxylation is 1. The molecule has 4 rings (SSSR count). The zero-order valence-corrected chi connectivity index (χ0v) is 17.5. The number of carbonyl (C=O) groups excluding carboxylic acids is 1. The van der Waals surface area contributed by atoms with Crippen molar-refractivity contribution < 1.29 is 14.3 Å². The van der Waals surface area contributed by atoms with E-state index in [2.05, 4.69) is 20.9 Å². The average Bonchev–Trinajstić information content (AvgIpc) is 2.96. The molecule has 0 aliphatic carbocycles. The average molecular weight is 457 g/mol. The minimum Gasteiger partial charge on any atom is -0.490 e. The Morgan fingerprint density at radius 3 is 2.86 bits per heavy atom. The molecule has 1 aromatic heterocycles. The lowest BCUT2D eigenvalue weighted by Crippen LogP contribution is -2.24. The molecule has 1 aliphatic heterocycles. The van der Waals surface area contributed by atoms with Crippen LogP contribution in [0.3, 0.4) is 0 Å². The highest BCUT2D eigenvalue weighted by molar-refractivity contribution is 9.10. The normalized spacial score (nSPS) is 13.6. The molecule has 29 heavy (non-hydrogen) atoms. The fraction of sp³-hybridized carbons (Fsp3) is 0.318. The molecule has 2 aromatic carbocycles. The van der Waals surface area contributed by atoms with Gasteiger partial charge in [0.2, 0.25) is 0 Å². The Hall–Kier alpha value is -2.67. The van der Waals surface area contributed by atoms with Gasteiger partial charge in [-0.05, 0) is 49.2 Å². The Labute approximate surface area is 176 Å². The summed E-state index contributed by atoms with van der Waals surface area (Å²) in [6.45, 7) is 1.09. The molecule has 0 saturated carbocycles. The molecule has 150 valence electrons. The Morgan fingerprint density at radius 2 is 2.00 bits per heavy atom. The summed E-state index contributed by atoms with van der Waals surface area (Å²) in [5.74, 6) is 1.04. The smallest absolute Gasteiger partial charge is 0.338 e. The second-order valence-corrected chi connectivity index (χ2v) is 7.88. The van der Waals surface area contributed by atoms with Crippen LogP contribution in [0.1, 0.15) is 35.4 Å². The number of halogens is 1. The van der Waals surface area contributed by atoms with E-state index in [1.807, 2.05) is 24.3 Å². The molecule has 6 nitrogen and oxygen atoms in total. The third kappa shape index (κ3) is 4.50. The number of fused-ring (bicyclic) bond motifs is 2. The summed E-state index contributed by atoms with van der Waals surface area (Å²) < 4.78 is 13.6. The molecule has 2 heterocycles. The Balaban J connectivity index is 1.44. The zero-order chi connectivity index (χ0) is 20.2. The molecule has 7 heteroatoms. The first-order valence-corrected chi connectivity index (χ1v) is 10.5. The number of rotatable bonds is 5. The van der Waals surface area contributed by atoms with Gasteiger partial charge in [-0.25, -0.2) is 9.78 Å². The fourth-order valence-corrected chi connectivity index (χ4v) is 3.86. The zero-order valence-electron chi connectivity index (χ0n) is 15.9. The third-order valence-electron chi connectivity index (χ3n) is 4.93. The van der Waals surface area contributed by atoms with Crippen molar-refractivity contribution >= 4 is 32.8 Å². The van der Waals surface area contributed by atoms with Gasteiger partial charge in [0.25, 0.3) is 5.56 Å². The number of hydrogen-bond donors (Lipinski definition) is 0. The van der Waals surface area contributed by atoms with Gasteiger partial charge in [0.15, 0.2) is 0 Å². The largest absolute Gasteiger partial charge is 0.490 e. The molecule has 3 aromatic rings. The van der Waals surface area contributed by atoms with Gasteiger partial charge in [-0.1, -0.05) is 28.4 Å². The number of aromatic nitrogens is 2. The van der Waals surface area contributed by atoms with Crippen LogP contribution in [0.4, 0.5) is 0 Å². The van der Waals surface area contributed by atoms with Crippen molar-refractivity contribution in [3.63, 3.8) is 0 Å². The van der Waals surface area contributed by atoms with Crippen molar-refractivity contribution in [2.24, 2.45) is 0 Å². The van der Waals surface area contributed by atoms with Gasteiger partial charge in [-0.15, -0.1) is 0 Å². The summed E-state index contributed by atoms with van der Waals surface area (Å²) in [5, 5.41) is 0.533. The molecule has 0 unspecified atom stereocenters. The Bertz CT molecular complexity index is 1110. The lowest BCUT2D eigenvalue weighted by Gasteiger charge is -2.11. The van der Waals surface area contributed by atoms with Gasteiger partial charge in [0.1, 0.15) is 24.8 Å². The van der Waals surface area contributed by atoms with E-state index in [0.29, 0.717) is 28.8 Å². The van der Waals surface area contributed by atoms with Gasteiger partial charge in [-0.2, -0.15) is 0 Å². The van der Waals surface area contributed by atoms with Gasteiger partial charge in [-0.3, -0.25) is 9.36 Å². The van der Waals surface area contributed by atoms with Crippen LogP contribution in [0, 0.1) is 0 Å². The highest BCUT2D eigenvalue weighted by Gasteiger charge is 2.15. The van der Waals surface area contributed by atoms with E-state index in [1.165, 1.54) is 0 Å². The van der Waals surface area contributed by atoms with Crippen molar-refractivity contribution in [2.45, 2.75) is 32.2 Å². The van der Waals surface area contributed by atoms with Crippen LogP contribution in [0.15, 0.2) is 51.7 Å². The van der Waals surface area contributed by atoms with Crippen molar-refractivity contribution in [2.75, 3.05) is 13.2 Å². The van der Waals surface area contributed by atoms with Gasteiger partial charge >= 0.3 is 5.97 Å². The molecular formula is C22H21BrN2O4. The third-order valence-corrected chi connectivity index (χ3v) is 5.43.